The molecule has 1 heterocycles. The van der Waals surface area contributed by atoms with E-state index in [1.54, 1.807) is 0 Å². The van der Waals surface area contributed by atoms with Gasteiger partial charge in [0.05, 0.1) is 5.56 Å². The topological polar surface area (TPSA) is 50.4 Å². The van der Waals surface area contributed by atoms with Crippen LogP contribution >= 0.6 is 0 Å². The first kappa shape index (κ1) is 11.3. The lowest BCUT2D eigenvalue weighted by atomic mass is 10.1. The summed E-state index contributed by atoms with van der Waals surface area (Å²) in [7, 11) is 0. The molecule has 2 rings (SSSR count). The van der Waals surface area contributed by atoms with Crippen LogP contribution < -0.4 is 0 Å². The van der Waals surface area contributed by atoms with Crippen molar-refractivity contribution < 1.29 is 23.1 Å². The van der Waals surface area contributed by atoms with Crippen LogP contribution in [0, 0.1) is 18.6 Å². The van der Waals surface area contributed by atoms with Crippen LogP contribution in [-0.4, -0.2) is 11.1 Å². The Morgan fingerprint density at radius 2 is 1.88 bits per heavy atom. The van der Waals surface area contributed by atoms with Crippen LogP contribution in [0.2, 0.25) is 0 Å². The molecule has 0 saturated heterocycles. The highest BCUT2D eigenvalue weighted by molar-refractivity contribution is 5.85. The van der Waals surface area contributed by atoms with Gasteiger partial charge in [0.25, 0.3) is 0 Å². The van der Waals surface area contributed by atoms with Crippen molar-refractivity contribution in [2.24, 2.45) is 0 Å². The van der Waals surface area contributed by atoms with E-state index in [0.29, 0.717) is 0 Å². The maximum atomic E-state index is 13.6. The van der Waals surface area contributed by atoms with Gasteiger partial charge in [0.2, 0.25) is 5.76 Å². The molecule has 3 nitrogen and oxygen atoms in total. The van der Waals surface area contributed by atoms with Gasteiger partial charge in [0.1, 0.15) is 5.76 Å². The molecule has 1 aromatic heterocycles. The summed E-state index contributed by atoms with van der Waals surface area (Å²) in [6.45, 7) is 1.44. The summed E-state index contributed by atoms with van der Waals surface area (Å²) in [6, 6.07) is 5.22. The molecule has 0 aliphatic rings. The Morgan fingerprint density at radius 3 is 2.47 bits per heavy atom. The molecule has 0 bridgehead atoms. The summed E-state index contributed by atoms with van der Waals surface area (Å²) in [6.07, 6.45) is 0. The van der Waals surface area contributed by atoms with Crippen molar-refractivity contribution in [3.05, 3.63) is 47.2 Å². The Balaban J connectivity index is 2.53. The number of aryl methyl sites for hydroxylation is 1. The summed E-state index contributed by atoms with van der Waals surface area (Å²) >= 11 is 0. The van der Waals surface area contributed by atoms with Crippen molar-refractivity contribution in [1.82, 2.24) is 0 Å². The predicted octanol–water partition coefficient (Wildman–Crippen LogP) is 3.23. The van der Waals surface area contributed by atoms with Crippen LogP contribution in [0.15, 0.2) is 28.7 Å². The van der Waals surface area contributed by atoms with Crippen molar-refractivity contribution >= 4 is 5.97 Å². The van der Waals surface area contributed by atoms with Gasteiger partial charge < -0.3 is 9.52 Å². The van der Waals surface area contributed by atoms with Gasteiger partial charge in [-0.15, -0.1) is 0 Å². The Kier molecular flexibility index (Phi) is 2.67. The smallest absolute Gasteiger partial charge is 0.371 e. The number of benzene rings is 1. The molecule has 0 aliphatic heterocycles. The monoisotopic (exact) mass is 238 g/mol. The molecule has 0 fully saturated rings. The highest BCUT2D eigenvalue weighted by Crippen LogP contribution is 2.27. The minimum atomic E-state index is -1.26. The Bertz CT molecular complexity index is 587. The number of carboxylic acid groups (broad SMARTS) is 1. The first-order chi connectivity index (χ1) is 8.00. The number of rotatable bonds is 2. The molecule has 1 N–H and O–H groups in total. The summed E-state index contributed by atoms with van der Waals surface area (Å²) in [5.74, 6) is -3.60. The second-order valence-corrected chi connectivity index (χ2v) is 3.53. The first-order valence-electron chi connectivity index (χ1n) is 4.79. The van der Waals surface area contributed by atoms with E-state index >= 15 is 0 Å². The highest BCUT2D eigenvalue weighted by Gasteiger charge is 2.17. The summed E-state index contributed by atoms with van der Waals surface area (Å²) < 4.78 is 31.8. The maximum absolute atomic E-state index is 13.6. The third-order valence-corrected chi connectivity index (χ3v) is 2.36. The lowest BCUT2D eigenvalue weighted by Gasteiger charge is -2.02. The highest BCUT2D eigenvalue weighted by atomic mass is 19.2. The first-order valence-corrected chi connectivity index (χ1v) is 4.79. The van der Waals surface area contributed by atoms with Gasteiger partial charge in [0, 0.05) is 0 Å². The van der Waals surface area contributed by atoms with Crippen LogP contribution in [0.25, 0.3) is 11.3 Å². The number of aromatic carboxylic acids is 1. The fourth-order valence-corrected chi connectivity index (χ4v) is 1.43. The maximum Gasteiger partial charge on any atom is 0.371 e. The van der Waals surface area contributed by atoms with Gasteiger partial charge in [-0.2, -0.15) is 0 Å². The number of carbonyl (C=O) groups is 1. The zero-order valence-corrected chi connectivity index (χ0v) is 8.83. The molecule has 0 aliphatic carbocycles. The van der Waals surface area contributed by atoms with Crippen molar-refractivity contribution in [1.29, 1.82) is 0 Å². The van der Waals surface area contributed by atoms with E-state index in [9.17, 15) is 13.6 Å². The second-order valence-electron chi connectivity index (χ2n) is 3.53. The molecular formula is C12H8F2O3. The van der Waals surface area contributed by atoms with Gasteiger partial charge in [-0.1, -0.05) is 6.07 Å². The van der Waals surface area contributed by atoms with E-state index < -0.39 is 17.6 Å². The van der Waals surface area contributed by atoms with Gasteiger partial charge in [0.15, 0.2) is 11.6 Å². The average Bonchev–Trinajstić information content (AvgIpc) is 2.75. The predicted molar refractivity (Wildman–Crippen MR) is 55.8 cm³/mol. The molecule has 5 heteroatoms. The molecule has 17 heavy (non-hydrogen) atoms. The normalized spacial score (nSPS) is 10.5. The zero-order valence-electron chi connectivity index (χ0n) is 8.83. The molecule has 0 spiro atoms. The summed E-state index contributed by atoms with van der Waals surface area (Å²) in [5, 5.41) is 8.65. The van der Waals surface area contributed by atoms with E-state index in [1.807, 2.05) is 0 Å². The van der Waals surface area contributed by atoms with Crippen molar-refractivity contribution in [3.63, 3.8) is 0 Å². The Hall–Kier alpha value is -2.17. The van der Waals surface area contributed by atoms with Crippen molar-refractivity contribution in [3.8, 4) is 11.3 Å². The number of hydrogen-bond acceptors (Lipinski definition) is 2. The fraction of sp³-hybridized carbons (Fsp3) is 0.0833. The van der Waals surface area contributed by atoms with Crippen LogP contribution in [0.5, 0.6) is 0 Å². The molecule has 0 radical (unpaired) electrons. The number of hydrogen-bond donors (Lipinski definition) is 1. The van der Waals surface area contributed by atoms with Gasteiger partial charge in [-0.05, 0) is 30.7 Å². The lowest BCUT2D eigenvalue weighted by Crippen LogP contribution is -1.93. The van der Waals surface area contributed by atoms with Crippen LogP contribution in [-0.2, 0) is 0 Å². The van der Waals surface area contributed by atoms with Crippen LogP contribution in [0.1, 0.15) is 16.1 Å². The summed E-state index contributed by atoms with van der Waals surface area (Å²) in [4.78, 5) is 10.6. The van der Waals surface area contributed by atoms with E-state index in [2.05, 4.69) is 0 Å². The number of furan rings is 1. The average molecular weight is 238 g/mol. The zero-order chi connectivity index (χ0) is 12.6. The minimum absolute atomic E-state index is 0.0150. The van der Waals surface area contributed by atoms with Gasteiger partial charge in [-0.3, -0.25) is 0 Å². The van der Waals surface area contributed by atoms with E-state index in [-0.39, 0.29) is 22.6 Å². The standard InChI is InChI=1S/C12H8F2O3/c1-6-2-3-7(11(14)10(6)13)8-4-5-9(17-8)12(15)16/h2-5H,1H3,(H,15,16). The molecule has 0 amide bonds. The molecule has 2 aromatic rings. The summed E-state index contributed by atoms with van der Waals surface area (Å²) in [5.41, 5.74) is 0.0804. The van der Waals surface area contributed by atoms with Crippen molar-refractivity contribution in [2.75, 3.05) is 0 Å². The number of carboxylic acids is 1. The third-order valence-electron chi connectivity index (χ3n) is 2.36. The quantitative estimate of drug-likeness (QED) is 0.873. The molecule has 0 unspecified atom stereocenters. The second kappa shape index (κ2) is 4.01. The molecule has 88 valence electrons. The minimum Gasteiger partial charge on any atom is -0.475 e. The fourth-order valence-electron chi connectivity index (χ4n) is 1.43. The number of halogens is 2. The molecular weight excluding hydrogens is 230 g/mol. The van der Waals surface area contributed by atoms with E-state index in [1.165, 1.54) is 31.2 Å². The third kappa shape index (κ3) is 1.91. The van der Waals surface area contributed by atoms with Crippen LogP contribution in [0.3, 0.4) is 0 Å². The van der Waals surface area contributed by atoms with Crippen LogP contribution in [0.4, 0.5) is 8.78 Å². The SMILES string of the molecule is Cc1ccc(-c2ccc(C(=O)O)o2)c(F)c1F. The Morgan fingerprint density at radius 1 is 1.18 bits per heavy atom. The molecule has 1 aromatic carbocycles. The Labute approximate surface area is 95.3 Å². The lowest BCUT2D eigenvalue weighted by molar-refractivity contribution is 0.0663. The molecule has 0 saturated carbocycles. The van der Waals surface area contributed by atoms with E-state index in [4.69, 9.17) is 9.52 Å². The van der Waals surface area contributed by atoms with Gasteiger partial charge in [-0.25, -0.2) is 13.6 Å². The largest absolute Gasteiger partial charge is 0.475 e. The van der Waals surface area contributed by atoms with Gasteiger partial charge >= 0.3 is 5.97 Å². The molecule has 0 atom stereocenters. The van der Waals surface area contributed by atoms with Crippen molar-refractivity contribution in [2.45, 2.75) is 6.92 Å². The van der Waals surface area contributed by atoms with E-state index in [0.717, 1.165) is 0 Å².